The molecule has 2 aromatic heterocycles. The lowest BCUT2D eigenvalue weighted by Gasteiger charge is -2.37. The van der Waals surface area contributed by atoms with Crippen LogP contribution in [0.25, 0.3) is 5.65 Å². The maximum Gasteiger partial charge on any atom is 0.251 e. The van der Waals surface area contributed by atoms with Crippen LogP contribution in [0, 0.1) is 22.5 Å². The van der Waals surface area contributed by atoms with Crippen molar-refractivity contribution in [1.82, 2.24) is 19.5 Å². The van der Waals surface area contributed by atoms with Gasteiger partial charge in [0, 0.05) is 44.2 Å². The lowest BCUT2D eigenvalue weighted by molar-refractivity contribution is -0.0430. The molecule has 1 aromatic carbocycles. The van der Waals surface area contributed by atoms with E-state index in [1.165, 1.54) is 16.8 Å². The molecule has 0 amide bonds. The number of amidine groups is 1. The molecule has 2 aliphatic heterocycles. The van der Waals surface area contributed by atoms with E-state index in [9.17, 15) is 17.6 Å². The summed E-state index contributed by atoms with van der Waals surface area (Å²) in [6.45, 7) is 2.58. The van der Waals surface area contributed by atoms with Crippen molar-refractivity contribution in [1.29, 1.82) is 10.8 Å². The van der Waals surface area contributed by atoms with Crippen LogP contribution in [0.2, 0.25) is 0 Å². The van der Waals surface area contributed by atoms with Crippen LogP contribution in [0.15, 0.2) is 36.7 Å². The van der Waals surface area contributed by atoms with Crippen LogP contribution in [0.1, 0.15) is 43.7 Å². The van der Waals surface area contributed by atoms with Crippen LogP contribution in [-0.4, -0.2) is 55.3 Å². The fourth-order valence-electron chi connectivity index (χ4n) is 4.94. The first kappa shape index (κ1) is 24.5. The van der Waals surface area contributed by atoms with Crippen LogP contribution >= 0.6 is 11.8 Å². The minimum atomic E-state index is -2.71. The van der Waals surface area contributed by atoms with Gasteiger partial charge in [-0.3, -0.25) is 10.8 Å². The van der Waals surface area contributed by atoms with E-state index in [0.717, 1.165) is 30.3 Å². The molecule has 7 nitrogen and oxygen atoms in total. The number of anilines is 1. The van der Waals surface area contributed by atoms with E-state index in [1.54, 1.807) is 17.2 Å². The molecule has 0 bridgehead atoms. The van der Waals surface area contributed by atoms with E-state index in [4.69, 9.17) is 15.8 Å². The summed E-state index contributed by atoms with van der Waals surface area (Å²) in [5.41, 5.74) is 0.237. The number of fused-ring (bicyclic) bond motifs is 1. The third-order valence-electron chi connectivity index (χ3n) is 7.01. The van der Waals surface area contributed by atoms with E-state index in [-0.39, 0.29) is 41.7 Å². The van der Waals surface area contributed by atoms with Crippen LogP contribution in [0.4, 0.5) is 23.4 Å². The van der Waals surface area contributed by atoms with Gasteiger partial charge < -0.3 is 9.80 Å². The lowest BCUT2D eigenvalue weighted by atomic mass is 9.88. The van der Waals surface area contributed by atoms with Gasteiger partial charge in [0.05, 0.1) is 17.3 Å². The highest BCUT2D eigenvalue weighted by Crippen LogP contribution is 2.42. The number of halogens is 4. The van der Waals surface area contributed by atoms with Gasteiger partial charge in [-0.15, -0.1) is 0 Å². The largest absolute Gasteiger partial charge is 0.351 e. The summed E-state index contributed by atoms with van der Waals surface area (Å²) in [6, 6.07) is 5.21. The number of alkyl halides is 2. The molecule has 4 heterocycles. The molecule has 2 fully saturated rings. The first-order valence-electron chi connectivity index (χ1n) is 11.6. The van der Waals surface area contributed by atoms with Crippen molar-refractivity contribution in [2.75, 3.05) is 24.5 Å². The highest BCUT2D eigenvalue weighted by atomic mass is 32.2. The fourth-order valence-corrected chi connectivity index (χ4v) is 5.70. The predicted molar refractivity (Wildman–Crippen MR) is 131 cm³/mol. The molecule has 0 spiro atoms. The van der Waals surface area contributed by atoms with Gasteiger partial charge in [-0.1, -0.05) is 0 Å². The molecule has 0 aliphatic carbocycles. The number of nitrogens with one attached hydrogen (secondary N) is 2. The van der Waals surface area contributed by atoms with Crippen molar-refractivity contribution in [3.8, 4) is 0 Å². The lowest BCUT2D eigenvalue weighted by Crippen LogP contribution is -2.41. The van der Waals surface area contributed by atoms with Gasteiger partial charge in [0.15, 0.2) is 10.8 Å². The van der Waals surface area contributed by atoms with Gasteiger partial charge >= 0.3 is 0 Å². The predicted octanol–water partition coefficient (Wildman–Crippen LogP) is 5.25. The summed E-state index contributed by atoms with van der Waals surface area (Å²) in [6.07, 6.45) is 3.93. The first-order valence-corrected chi connectivity index (χ1v) is 12.4. The Morgan fingerprint density at radius 2 is 1.81 bits per heavy atom. The number of piperidine rings is 1. The summed E-state index contributed by atoms with van der Waals surface area (Å²) in [5, 5.41) is 21.2. The van der Waals surface area contributed by atoms with Crippen molar-refractivity contribution in [3.05, 3.63) is 59.4 Å². The average Bonchev–Trinajstić information content (AvgIpc) is 3.44. The van der Waals surface area contributed by atoms with Crippen molar-refractivity contribution in [2.24, 2.45) is 0 Å². The molecule has 5 rings (SSSR count). The van der Waals surface area contributed by atoms with Gasteiger partial charge in [0.1, 0.15) is 22.5 Å². The molecule has 190 valence electrons. The van der Waals surface area contributed by atoms with Crippen molar-refractivity contribution in [3.63, 3.8) is 0 Å². The molecule has 2 N–H and O–H groups in total. The molecule has 0 saturated carbocycles. The van der Waals surface area contributed by atoms with E-state index in [1.807, 2.05) is 11.8 Å². The second-order valence-electron chi connectivity index (χ2n) is 9.34. The summed E-state index contributed by atoms with van der Waals surface area (Å²) in [4.78, 5) is 8.21. The molecule has 0 unspecified atom stereocenters. The number of thioether (sulfide) groups is 1. The normalized spacial score (nSPS) is 21.8. The number of hydrogen-bond acceptors (Lipinski definition) is 6. The maximum atomic E-state index is 14.7. The molecule has 36 heavy (non-hydrogen) atoms. The molecule has 0 radical (unpaired) electrons. The van der Waals surface area contributed by atoms with Gasteiger partial charge in [-0.05, 0) is 55.8 Å². The SMILES string of the molecule is C[C@]1(c2cc(F)ccc2F)CCCN1c1ccn2ncc(C(=N)SC(=N)N3CCC(F)(F)CC3)c2n1. The minimum Gasteiger partial charge on any atom is -0.351 e. The van der Waals surface area contributed by atoms with Crippen molar-refractivity contribution < 1.29 is 17.6 Å². The topological polar surface area (TPSA) is 84.4 Å². The minimum absolute atomic E-state index is 0.0253. The number of nitrogens with zero attached hydrogens (tertiary/aromatic N) is 5. The van der Waals surface area contributed by atoms with Crippen LogP contribution in [0.3, 0.4) is 0 Å². The zero-order valence-electron chi connectivity index (χ0n) is 19.6. The summed E-state index contributed by atoms with van der Waals surface area (Å²) in [5.74, 6) is -3.16. The molecular weight excluding hydrogens is 494 g/mol. The third kappa shape index (κ3) is 4.42. The number of hydrogen-bond donors (Lipinski definition) is 2. The maximum absolute atomic E-state index is 14.7. The second kappa shape index (κ2) is 9.06. The van der Waals surface area contributed by atoms with Crippen molar-refractivity contribution in [2.45, 2.75) is 44.1 Å². The second-order valence-corrected chi connectivity index (χ2v) is 10.3. The Morgan fingerprint density at radius 3 is 2.56 bits per heavy atom. The standard InChI is InChI=1S/C24H25F4N7S/c1-23(17-13-15(25)3-4-18(17)26)6-2-9-34(23)19-5-10-35-21(32-19)16(14-31-35)20(29)36-22(30)33-11-7-24(27,28)8-12-33/h3-5,10,13-14,29-30H,2,6-9,11-12H2,1H3/t23-/m1/s1. The Hall–Kier alpha value is -3.15. The summed E-state index contributed by atoms with van der Waals surface area (Å²) < 4.78 is 57.1. The van der Waals surface area contributed by atoms with Crippen LogP contribution in [-0.2, 0) is 5.54 Å². The van der Waals surface area contributed by atoms with Gasteiger partial charge in [-0.2, -0.15) is 5.10 Å². The van der Waals surface area contributed by atoms with E-state index >= 15 is 0 Å². The fraction of sp³-hybridized carbons (Fsp3) is 0.417. The van der Waals surface area contributed by atoms with Crippen LogP contribution in [0.5, 0.6) is 0 Å². The Balaban J connectivity index is 1.41. The molecule has 2 saturated heterocycles. The number of likely N-dealkylation sites (tertiary alicyclic amines) is 1. The zero-order valence-corrected chi connectivity index (χ0v) is 20.4. The highest BCUT2D eigenvalue weighted by Gasteiger charge is 2.41. The highest BCUT2D eigenvalue weighted by molar-refractivity contribution is 8.26. The number of aromatic nitrogens is 3. The van der Waals surface area contributed by atoms with E-state index < -0.39 is 23.1 Å². The Morgan fingerprint density at radius 1 is 1.06 bits per heavy atom. The smallest absolute Gasteiger partial charge is 0.251 e. The third-order valence-corrected chi connectivity index (χ3v) is 7.88. The Labute approximate surface area is 209 Å². The molecule has 12 heteroatoms. The van der Waals surface area contributed by atoms with Gasteiger partial charge in [-0.25, -0.2) is 27.1 Å². The molecule has 2 aliphatic rings. The van der Waals surface area contributed by atoms with Crippen molar-refractivity contribution >= 4 is 33.4 Å². The average molecular weight is 520 g/mol. The first-order chi connectivity index (χ1) is 17.1. The molecule has 1 atom stereocenters. The van der Waals surface area contributed by atoms with Gasteiger partial charge in [0.25, 0.3) is 5.92 Å². The zero-order chi connectivity index (χ0) is 25.7. The van der Waals surface area contributed by atoms with E-state index in [2.05, 4.69) is 5.10 Å². The Kier molecular flexibility index (Phi) is 6.17. The summed E-state index contributed by atoms with van der Waals surface area (Å²) in [7, 11) is 0. The Bertz CT molecular complexity index is 1330. The van der Waals surface area contributed by atoms with Crippen LogP contribution < -0.4 is 4.90 Å². The van der Waals surface area contributed by atoms with Gasteiger partial charge in [0.2, 0.25) is 0 Å². The summed E-state index contributed by atoms with van der Waals surface area (Å²) >= 11 is 0.867. The molecule has 3 aromatic rings. The molecular formula is C24H25F4N7S. The number of benzene rings is 1. The quantitative estimate of drug-likeness (QED) is 0.281. The monoisotopic (exact) mass is 519 g/mol. The number of rotatable bonds is 3. The van der Waals surface area contributed by atoms with E-state index in [0.29, 0.717) is 30.0 Å².